The average molecular weight is 340 g/mol. The molecular weight excluding hydrogens is 327 g/mol. The highest BCUT2D eigenvalue weighted by Gasteiger charge is 2.16. The molecule has 1 rings (SSSR count). The first kappa shape index (κ1) is 12.9. The van der Waals surface area contributed by atoms with E-state index in [1.807, 2.05) is 13.0 Å². The zero-order chi connectivity index (χ0) is 11.6. The summed E-state index contributed by atoms with van der Waals surface area (Å²) in [6.07, 6.45) is 1.22. The van der Waals surface area contributed by atoms with Crippen molar-refractivity contribution in [3.8, 4) is 0 Å². The molecule has 15 heavy (non-hydrogen) atoms. The summed E-state index contributed by atoms with van der Waals surface area (Å²) in [6.45, 7) is 2.23. The summed E-state index contributed by atoms with van der Waals surface area (Å²) in [5, 5.41) is 0. The number of ether oxygens (including phenoxy) is 1. The van der Waals surface area contributed by atoms with Gasteiger partial charge in [0.15, 0.2) is 9.84 Å². The first-order valence-corrected chi connectivity index (χ1v) is 7.32. The minimum Gasteiger partial charge on any atom is -0.380 e. The van der Waals surface area contributed by atoms with Crippen LogP contribution in [0.3, 0.4) is 0 Å². The van der Waals surface area contributed by atoms with Crippen LogP contribution in [0.2, 0.25) is 0 Å². The molecule has 3 nitrogen and oxygen atoms in total. The Morgan fingerprint density at radius 1 is 1.40 bits per heavy atom. The molecule has 0 bridgehead atoms. The third-order valence-corrected chi connectivity index (χ3v) is 4.53. The smallest absolute Gasteiger partial charge is 0.175 e. The van der Waals surface area contributed by atoms with Crippen LogP contribution < -0.4 is 0 Å². The molecule has 0 heterocycles. The van der Waals surface area contributed by atoms with Crippen LogP contribution in [0.15, 0.2) is 17.0 Å². The Balaban J connectivity index is 3.47. The summed E-state index contributed by atoms with van der Waals surface area (Å²) >= 11 is 2.18. The van der Waals surface area contributed by atoms with E-state index in [4.69, 9.17) is 4.74 Å². The van der Waals surface area contributed by atoms with E-state index < -0.39 is 9.84 Å². The molecule has 5 heteroatoms. The molecule has 0 radical (unpaired) electrons. The van der Waals surface area contributed by atoms with Gasteiger partial charge in [0, 0.05) is 22.5 Å². The lowest BCUT2D eigenvalue weighted by atomic mass is 10.1. The molecule has 0 saturated carbocycles. The SMILES string of the molecule is COCc1c(S(C)(=O)=O)ccc(I)c1C. The molecule has 0 aromatic heterocycles. The second-order valence-electron chi connectivity index (χ2n) is 3.35. The van der Waals surface area contributed by atoms with Gasteiger partial charge in [-0.05, 0) is 47.2 Å². The van der Waals surface area contributed by atoms with Crippen LogP contribution in [0.5, 0.6) is 0 Å². The van der Waals surface area contributed by atoms with Crippen LogP contribution in [0, 0.1) is 10.5 Å². The van der Waals surface area contributed by atoms with Gasteiger partial charge >= 0.3 is 0 Å². The minimum absolute atomic E-state index is 0.324. The monoisotopic (exact) mass is 340 g/mol. The van der Waals surface area contributed by atoms with Gasteiger partial charge in [0.05, 0.1) is 11.5 Å². The van der Waals surface area contributed by atoms with Crippen molar-refractivity contribution in [1.82, 2.24) is 0 Å². The second kappa shape index (κ2) is 4.80. The predicted octanol–water partition coefficient (Wildman–Crippen LogP) is 2.15. The number of sulfone groups is 1. The lowest BCUT2D eigenvalue weighted by Gasteiger charge is -2.11. The van der Waals surface area contributed by atoms with E-state index in [2.05, 4.69) is 22.6 Å². The van der Waals surface area contributed by atoms with Gasteiger partial charge < -0.3 is 4.74 Å². The topological polar surface area (TPSA) is 43.4 Å². The molecule has 0 spiro atoms. The van der Waals surface area contributed by atoms with Crippen LogP contribution in [-0.2, 0) is 21.2 Å². The maximum atomic E-state index is 11.5. The van der Waals surface area contributed by atoms with E-state index in [0.717, 1.165) is 14.7 Å². The molecule has 1 aromatic rings. The number of halogens is 1. The Kier molecular flexibility index (Phi) is 4.13. The number of benzene rings is 1. The van der Waals surface area contributed by atoms with Gasteiger partial charge in [0.2, 0.25) is 0 Å². The largest absolute Gasteiger partial charge is 0.380 e. The molecule has 1 aromatic carbocycles. The maximum Gasteiger partial charge on any atom is 0.175 e. The van der Waals surface area contributed by atoms with Gasteiger partial charge in [-0.2, -0.15) is 0 Å². The van der Waals surface area contributed by atoms with E-state index in [1.165, 1.54) is 6.26 Å². The maximum absolute atomic E-state index is 11.5. The Hall–Kier alpha value is -0.140. The Morgan fingerprint density at radius 2 is 2.00 bits per heavy atom. The molecule has 0 amide bonds. The quantitative estimate of drug-likeness (QED) is 0.792. The van der Waals surface area contributed by atoms with Crippen molar-refractivity contribution in [2.45, 2.75) is 18.4 Å². The van der Waals surface area contributed by atoms with E-state index >= 15 is 0 Å². The molecular formula is C10H13IO3S. The fraction of sp³-hybridized carbons (Fsp3) is 0.400. The molecule has 0 N–H and O–H groups in total. The molecule has 0 unspecified atom stereocenters. The van der Waals surface area contributed by atoms with Crippen LogP contribution in [0.25, 0.3) is 0 Å². The minimum atomic E-state index is -3.18. The summed E-state index contributed by atoms with van der Waals surface area (Å²) < 4.78 is 29.1. The van der Waals surface area contributed by atoms with Gasteiger partial charge in [-0.1, -0.05) is 0 Å². The van der Waals surface area contributed by atoms with Gasteiger partial charge in [0.1, 0.15) is 0 Å². The third kappa shape index (κ3) is 2.92. The number of rotatable bonds is 3. The normalized spacial score (nSPS) is 11.7. The van der Waals surface area contributed by atoms with Crippen LogP contribution >= 0.6 is 22.6 Å². The van der Waals surface area contributed by atoms with Crippen molar-refractivity contribution >= 4 is 32.4 Å². The highest BCUT2D eigenvalue weighted by Crippen LogP contribution is 2.24. The average Bonchev–Trinajstić information content (AvgIpc) is 2.11. The van der Waals surface area contributed by atoms with E-state index in [1.54, 1.807) is 13.2 Å². The number of hydrogen-bond acceptors (Lipinski definition) is 3. The lowest BCUT2D eigenvalue weighted by molar-refractivity contribution is 0.182. The first-order valence-electron chi connectivity index (χ1n) is 4.35. The Morgan fingerprint density at radius 3 is 2.47 bits per heavy atom. The van der Waals surface area contributed by atoms with E-state index in [0.29, 0.717) is 11.5 Å². The van der Waals surface area contributed by atoms with Crippen LogP contribution in [-0.4, -0.2) is 21.8 Å². The highest BCUT2D eigenvalue weighted by atomic mass is 127. The fourth-order valence-electron chi connectivity index (χ4n) is 1.37. The Bertz CT molecular complexity index is 466. The van der Waals surface area contributed by atoms with Crippen molar-refractivity contribution in [2.75, 3.05) is 13.4 Å². The zero-order valence-corrected chi connectivity index (χ0v) is 11.8. The molecule has 0 saturated heterocycles. The summed E-state index contributed by atoms with van der Waals surface area (Å²) in [5.41, 5.74) is 1.73. The van der Waals surface area contributed by atoms with Gasteiger partial charge in [0.25, 0.3) is 0 Å². The van der Waals surface area contributed by atoms with E-state index in [-0.39, 0.29) is 0 Å². The third-order valence-electron chi connectivity index (χ3n) is 2.18. The van der Waals surface area contributed by atoms with Crippen LogP contribution in [0.4, 0.5) is 0 Å². The summed E-state index contributed by atoms with van der Waals surface area (Å²) in [4.78, 5) is 0.363. The molecule has 84 valence electrons. The lowest BCUT2D eigenvalue weighted by Crippen LogP contribution is -2.06. The molecule has 0 aliphatic heterocycles. The van der Waals surface area contributed by atoms with Gasteiger partial charge in [-0.15, -0.1) is 0 Å². The summed E-state index contributed by atoms with van der Waals surface area (Å²) in [7, 11) is -1.62. The van der Waals surface area contributed by atoms with Crippen molar-refractivity contribution in [3.63, 3.8) is 0 Å². The summed E-state index contributed by atoms with van der Waals surface area (Å²) in [6, 6.07) is 3.45. The van der Waals surface area contributed by atoms with Crippen molar-refractivity contribution in [2.24, 2.45) is 0 Å². The molecule has 0 atom stereocenters. The first-order chi connectivity index (χ1) is 6.88. The van der Waals surface area contributed by atoms with E-state index in [9.17, 15) is 8.42 Å². The van der Waals surface area contributed by atoms with Crippen LogP contribution in [0.1, 0.15) is 11.1 Å². The highest BCUT2D eigenvalue weighted by molar-refractivity contribution is 14.1. The van der Waals surface area contributed by atoms with Crippen molar-refractivity contribution < 1.29 is 13.2 Å². The Labute approximate surface area is 104 Å². The molecule has 0 aliphatic carbocycles. The second-order valence-corrected chi connectivity index (χ2v) is 6.50. The fourth-order valence-corrected chi connectivity index (χ4v) is 2.85. The molecule has 0 aliphatic rings. The van der Waals surface area contributed by atoms with Gasteiger partial charge in [-0.3, -0.25) is 0 Å². The van der Waals surface area contributed by atoms with Crippen molar-refractivity contribution in [1.29, 1.82) is 0 Å². The van der Waals surface area contributed by atoms with Crippen molar-refractivity contribution in [3.05, 3.63) is 26.8 Å². The predicted molar refractivity (Wildman–Crippen MR) is 67.7 cm³/mol. The zero-order valence-electron chi connectivity index (χ0n) is 8.87. The van der Waals surface area contributed by atoms with Gasteiger partial charge in [-0.25, -0.2) is 8.42 Å². The standard InChI is InChI=1S/C10H13IO3S/c1-7-8(6-14-2)10(15(3,12)13)5-4-9(7)11/h4-5H,6H2,1-3H3. The number of methoxy groups -OCH3 is 1. The number of hydrogen-bond donors (Lipinski definition) is 0. The summed E-state index contributed by atoms with van der Waals surface area (Å²) in [5.74, 6) is 0. The molecule has 0 fully saturated rings.